The molecule has 0 bridgehead atoms. The summed E-state index contributed by atoms with van der Waals surface area (Å²) < 4.78 is 6.09. The normalized spacial score (nSPS) is 20.7. The molecule has 2 nitrogen and oxygen atoms in total. The maximum atomic E-state index is 6.09. The van der Waals surface area contributed by atoms with Crippen LogP contribution in [-0.4, -0.2) is 18.7 Å². The molecule has 0 amide bonds. The molecule has 1 saturated heterocycles. The van der Waals surface area contributed by atoms with Crippen LogP contribution in [0.25, 0.3) is 0 Å². The minimum absolute atomic E-state index is 0.0425. The maximum absolute atomic E-state index is 6.09. The molecule has 78 valence electrons. The van der Waals surface area contributed by atoms with Crippen molar-refractivity contribution in [2.75, 3.05) is 13.1 Å². The Hall–Kier alpha value is -0.540. The van der Waals surface area contributed by atoms with Crippen LogP contribution >= 0.6 is 11.3 Å². The minimum atomic E-state index is 0.0425. The van der Waals surface area contributed by atoms with Crippen molar-refractivity contribution in [2.45, 2.75) is 32.3 Å². The first-order valence-corrected chi connectivity index (χ1v) is 6.01. The molecule has 0 aromatic carbocycles. The van der Waals surface area contributed by atoms with Gasteiger partial charge < -0.3 is 10.1 Å². The quantitative estimate of drug-likeness (QED) is 0.812. The first-order valence-electron chi connectivity index (χ1n) is 5.13. The molecule has 0 radical (unpaired) electrons. The van der Waals surface area contributed by atoms with Gasteiger partial charge in [0.25, 0.3) is 0 Å². The van der Waals surface area contributed by atoms with Crippen LogP contribution in [0.15, 0.2) is 11.4 Å². The Morgan fingerprint density at radius 1 is 1.43 bits per heavy atom. The van der Waals surface area contributed by atoms with E-state index in [-0.39, 0.29) is 5.60 Å². The fourth-order valence-electron chi connectivity index (χ4n) is 1.74. The van der Waals surface area contributed by atoms with Crippen molar-refractivity contribution in [1.82, 2.24) is 5.32 Å². The van der Waals surface area contributed by atoms with Crippen LogP contribution in [0.5, 0.6) is 5.06 Å². The largest absolute Gasteiger partial charge is 0.478 e. The highest BCUT2D eigenvalue weighted by atomic mass is 32.1. The topological polar surface area (TPSA) is 21.3 Å². The number of thiophene rings is 1. The Balaban J connectivity index is 2.05. The van der Waals surface area contributed by atoms with Crippen molar-refractivity contribution in [3.05, 3.63) is 17.0 Å². The van der Waals surface area contributed by atoms with Crippen molar-refractivity contribution in [1.29, 1.82) is 0 Å². The summed E-state index contributed by atoms with van der Waals surface area (Å²) in [4.78, 5) is 0. The van der Waals surface area contributed by atoms with E-state index in [1.807, 2.05) is 0 Å². The molecule has 0 saturated carbocycles. The Morgan fingerprint density at radius 2 is 2.14 bits per heavy atom. The summed E-state index contributed by atoms with van der Waals surface area (Å²) in [5.41, 5.74) is 1.30. The molecule has 1 aromatic heterocycles. The molecule has 2 rings (SSSR count). The molecule has 1 aliphatic rings. The zero-order chi connectivity index (χ0) is 10.0. The summed E-state index contributed by atoms with van der Waals surface area (Å²) >= 11 is 1.70. The molecular weight excluding hydrogens is 194 g/mol. The van der Waals surface area contributed by atoms with Gasteiger partial charge in [-0.05, 0) is 51.2 Å². The molecule has 1 aromatic rings. The van der Waals surface area contributed by atoms with Gasteiger partial charge in [0, 0.05) is 5.56 Å². The number of hydrogen-bond donors (Lipinski definition) is 1. The Morgan fingerprint density at radius 3 is 2.71 bits per heavy atom. The van der Waals surface area contributed by atoms with Gasteiger partial charge in [-0.25, -0.2) is 0 Å². The van der Waals surface area contributed by atoms with Gasteiger partial charge in [-0.1, -0.05) is 0 Å². The van der Waals surface area contributed by atoms with Gasteiger partial charge in [-0.3, -0.25) is 0 Å². The lowest BCUT2D eigenvalue weighted by Gasteiger charge is -2.34. The molecule has 0 unspecified atom stereocenters. The van der Waals surface area contributed by atoms with E-state index in [0.29, 0.717) is 0 Å². The van der Waals surface area contributed by atoms with Crippen LogP contribution in [0.2, 0.25) is 0 Å². The second-order valence-corrected chi connectivity index (χ2v) is 5.07. The van der Waals surface area contributed by atoms with Crippen molar-refractivity contribution in [2.24, 2.45) is 0 Å². The Labute approximate surface area is 89.3 Å². The van der Waals surface area contributed by atoms with Gasteiger partial charge in [0.2, 0.25) is 0 Å². The summed E-state index contributed by atoms with van der Waals surface area (Å²) in [6.45, 7) is 6.46. The molecular formula is C11H17NOS. The molecule has 3 heteroatoms. The molecule has 2 heterocycles. The third-order valence-electron chi connectivity index (χ3n) is 2.82. The SMILES string of the molecule is Cc1ccsc1OC1(C)CCNCC1. The van der Waals surface area contributed by atoms with E-state index in [0.717, 1.165) is 31.0 Å². The van der Waals surface area contributed by atoms with Crippen LogP contribution in [-0.2, 0) is 0 Å². The lowest BCUT2D eigenvalue weighted by Crippen LogP contribution is -2.43. The van der Waals surface area contributed by atoms with Gasteiger partial charge in [-0.2, -0.15) is 0 Å². The van der Waals surface area contributed by atoms with Crippen molar-refractivity contribution < 1.29 is 4.74 Å². The monoisotopic (exact) mass is 211 g/mol. The summed E-state index contributed by atoms with van der Waals surface area (Å²) in [7, 11) is 0. The van der Waals surface area contributed by atoms with Gasteiger partial charge in [0.1, 0.15) is 5.60 Å². The molecule has 0 aliphatic carbocycles. The molecule has 1 fully saturated rings. The van der Waals surface area contributed by atoms with Crippen molar-refractivity contribution in [3.8, 4) is 5.06 Å². The van der Waals surface area contributed by atoms with Crippen LogP contribution in [0, 0.1) is 6.92 Å². The molecule has 14 heavy (non-hydrogen) atoms. The Bertz CT molecular complexity index is 302. The smallest absolute Gasteiger partial charge is 0.177 e. The van der Waals surface area contributed by atoms with E-state index in [2.05, 4.69) is 30.6 Å². The van der Waals surface area contributed by atoms with E-state index < -0.39 is 0 Å². The average molecular weight is 211 g/mol. The summed E-state index contributed by atoms with van der Waals surface area (Å²) in [5.74, 6) is 0. The predicted molar refractivity (Wildman–Crippen MR) is 60.2 cm³/mol. The highest BCUT2D eigenvalue weighted by Gasteiger charge is 2.29. The van der Waals surface area contributed by atoms with Gasteiger partial charge >= 0.3 is 0 Å². The van der Waals surface area contributed by atoms with Gasteiger partial charge in [0.15, 0.2) is 5.06 Å². The van der Waals surface area contributed by atoms with E-state index in [9.17, 15) is 0 Å². The summed E-state index contributed by atoms with van der Waals surface area (Å²) in [5, 5.41) is 6.54. The van der Waals surface area contributed by atoms with E-state index in [1.165, 1.54) is 5.56 Å². The first kappa shape index (κ1) is 9.99. The second-order valence-electron chi connectivity index (χ2n) is 4.19. The number of hydrogen-bond acceptors (Lipinski definition) is 3. The molecule has 0 atom stereocenters. The number of ether oxygens (including phenoxy) is 1. The van der Waals surface area contributed by atoms with E-state index >= 15 is 0 Å². The zero-order valence-corrected chi connectivity index (χ0v) is 9.62. The van der Waals surface area contributed by atoms with Crippen LogP contribution in [0.3, 0.4) is 0 Å². The summed E-state index contributed by atoms with van der Waals surface area (Å²) in [6, 6.07) is 2.12. The van der Waals surface area contributed by atoms with Crippen molar-refractivity contribution in [3.63, 3.8) is 0 Å². The lowest BCUT2D eigenvalue weighted by atomic mass is 9.95. The predicted octanol–water partition coefficient (Wildman–Crippen LogP) is 2.58. The molecule has 0 spiro atoms. The van der Waals surface area contributed by atoms with Crippen LogP contribution in [0.1, 0.15) is 25.3 Å². The van der Waals surface area contributed by atoms with E-state index in [1.54, 1.807) is 11.3 Å². The molecule has 1 aliphatic heterocycles. The standard InChI is InChI=1S/C11H17NOS/c1-9-3-8-14-10(9)13-11(2)4-6-12-7-5-11/h3,8,12H,4-7H2,1-2H3. The number of piperidine rings is 1. The minimum Gasteiger partial charge on any atom is -0.478 e. The fraction of sp³-hybridized carbons (Fsp3) is 0.636. The lowest BCUT2D eigenvalue weighted by molar-refractivity contribution is 0.0590. The van der Waals surface area contributed by atoms with E-state index in [4.69, 9.17) is 4.74 Å². The van der Waals surface area contributed by atoms with Crippen LogP contribution in [0.4, 0.5) is 0 Å². The summed E-state index contributed by atoms with van der Waals surface area (Å²) in [6.07, 6.45) is 2.20. The first-order chi connectivity index (χ1) is 6.70. The number of nitrogens with one attached hydrogen (secondary N) is 1. The second kappa shape index (κ2) is 3.91. The average Bonchev–Trinajstić information content (AvgIpc) is 2.52. The highest BCUT2D eigenvalue weighted by Crippen LogP contribution is 2.32. The maximum Gasteiger partial charge on any atom is 0.177 e. The zero-order valence-electron chi connectivity index (χ0n) is 8.80. The van der Waals surface area contributed by atoms with Crippen LogP contribution < -0.4 is 10.1 Å². The van der Waals surface area contributed by atoms with Crippen molar-refractivity contribution >= 4 is 11.3 Å². The van der Waals surface area contributed by atoms with Gasteiger partial charge in [0.05, 0.1) is 0 Å². The Kier molecular flexibility index (Phi) is 2.79. The highest BCUT2D eigenvalue weighted by molar-refractivity contribution is 7.12. The third-order valence-corrected chi connectivity index (χ3v) is 3.71. The number of aryl methyl sites for hydroxylation is 1. The third kappa shape index (κ3) is 2.10. The number of rotatable bonds is 2. The van der Waals surface area contributed by atoms with Gasteiger partial charge in [-0.15, -0.1) is 11.3 Å². The fourth-order valence-corrected chi connectivity index (χ4v) is 2.64. The molecule has 1 N–H and O–H groups in total.